The molecule has 94 valence electrons. The minimum absolute atomic E-state index is 0.0123. The van der Waals surface area contributed by atoms with Crippen LogP contribution in [0.15, 0.2) is 24.3 Å². The molecule has 0 aromatic heterocycles. The highest BCUT2D eigenvalue weighted by atomic mass is 16.5. The van der Waals surface area contributed by atoms with Gasteiger partial charge < -0.3 is 15.2 Å². The molecule has 0 saturated heterocycles. The lowest BCUT2D eigenvalue weighted by Gasteiger charge is -2.31. The van der Waals surface area contributed by atoms with Gasteiger partial charge in [-0.2, -0.15) is 0 Å². The van der Waals surface area contributed by atoms with Crippen molar-refractivity contribution in [3.05, 3.63) is 29.8 Å². The molecule has 1 aromatic carbocycles. The Labute approximate surface area is 103 Å². The third kappa shape index (κ3) is 2.99. The Bertz CT molecular complexity index is 354. The van der Waals surface area contributed by atoms with Crippen LogP contribution >= 0.6 is 0 Å². The minimum Gasteiger partial charge on any atom is -0.490 e. The molecule has 17 heavy (non-hydrogen) atoms. The quantitative estimate of drug-likeness (QED) is 0.798. The molecule has 2 N–H and O–H groups in total. The zero-order valence-corrected chi connectivity index (χ0v) is 10.4. The molecule has 0 radical (unpaired) electrons. The average Bonchev–Trinajstić information content (AvgIpc) is 2.37. The summed E-state index contributed by atoms with van der Waals surface area (Å²) in [7, 11) is 0. The molecule has 2 unspecified atom stereocenters. The van der Waals surface area contributed by atoms with Crippen LogP contribution < -0.4 is 10.5 Å². The summed E-state index contributed by atoms with van der Waals surface area (Å²) in [5.74, 6) is 0.897. The summed E-state index contributed by atoms with van der Waals surface area (Å²) in [5, 5.41) is 0. The van der Waals surface area contributed by atoms with Crippen LogP contribution in [-0.4, -0.2) is 19.3 Å². The van der Waals surface area contributed by atoms with Gasteiger partial charge in [0.25, 0.3) is 0 Å². The summed E-state index contributed by atoms with van der Waals surface area (Å²) in [4.78, 5) is 0. The maximum Gasteiger partial charge on any atom is 0.124 e. The van der Waals surface area contributed by atoms with E-state index in [0.29, 0.717) is 6.61 Å². The molecule has 1 aliphatic rings. The number of rotatable bonds is 5. The summed E-state index contributed by atoms with van der Waals surface area (Å²) in [6.07, 6.45) is 3.50. The molecule has 3 heteroatoms. The van der Waals surface area contributed by atoms with Crippen LogP contribution in [0.1, 0.15) is 37.8 Å². The fourth-order valence-electron chi connectivity index (χ4n) is 2.10. The first-order chi connectivity index (χ1) is 8.33. The van der Waals surface area contributed by atoms with Gasteiger partial charge in [-0.25, -0.2) is 0 Å². The van der Waals surface area contributed by atoms with Gasteiger partial charge in [0.1, 0.15) is 18.5 Å². The Morgan fingerprint density at radius 2 is 2.18 bits per heavy atom. The number of hydrogen-bond acceptors (Lipinski definition) is 3. The van der Waals surface area contributed by atoms with Gasteiger partial charge in [0, 0.05) is 12.2 Å². The molecule has 1 aliphatic heterocycles. The number of para-hydroxylation sites is 1. The SMILES string of the molecule is CCCCCOC1COc2ccccc2C1N. The Kier molecular flexibility index (Phi) is 4.40. The molecule has 1 aromatic rings. The van der Waals surface area contributed by atoms with Crippen LogP contribution in [0, 0.1) is 0 Å². The van der Waals surface area contributed by atoms with Gasteiger partial charge in [0.15, 0.2) is 0 Å². The van der Waals surface area contributed by atoms with Crippen molar-refractivity contribution in [2.75, 3.05) is 13.2 Å². The van der Waals surface area contributed by atoms with Gasteiger partial charge in [0.05, 0.1) is 6.04 Å². The highest BCUT2D eigenvalue weighted by Crippen LogP contribution is 2.31. The lowest BCUT2D eigenvalue weighted by atomic mass is 9.99. The van der Waals surface area contributed by atoms with Gasteiger partial charge in [0.2, 0.25) is 0 Å². The topological polar surface area (TPSA) is 44.5 Å². The van der Waals surface area contributed by atoms with Crippen molar-refractivity contribution in [1.29, 1.82) is 0 Å². The van der Waals surface area contributed by atoms with Crippen molar-refractivity contribution in [3.8, 4) is 5.75 Å². The maximum atomic E-state index is 6.20. The normalized spacial score (nSPS) is 22.9. The molecular weight excluding hydrogens is 214 g/mol. The molecule has 0 saturated carbocycles. The second kappa shape index (κ2) is 6.03. The second-order valence-corrected chi connectivity index (χ2v) is 4.49. The Morgan fingerprint density at radius 1 is 1.35 bits per heavy atom. The van der Waals surface area contributed by atoms with E-state index in [9.17, 15) is 0 Å². The van der Waals surface area contributed by atoms with Crippen molar-refractivity contribution >= 4 is 0 Å². The van der Waals surface area contributed by atoms with E-state index in [4.69, 9.17) is 15.2 Å². The van der Waals surface area contributed by atoms with Gasteiger partial charge in [-0.05, 0) is 12.5 Å². The van der Waals surface area contributed by atoms with E-state index >= 15 is 0 Å². The lowest BCUT2D eigenvalue weighted by molar-refractivity contribution is -0.00819. The summed E-state index contributed by atoms with van der Waals surface area (Å²) >= 11 is 0. The average molecular weight is 235 g/mol. The molecule has 2 atom stereocenters. The van der Waals surface area contributed by atoms with Crippen LogP contribution in [0.25, 0.3) is 0 Å². The number of ether oxygens (including phenoxy) is 2. The highest BCUT2D eigenvalue weighted by molar-refractivity contribution is 5.38. The standard InChI is InChI=1S/C14H21NO2/c1-2-3-6-9-16-13-10-17-12-8-5-4-7-11(12)14(13)15/h4-5,7-8,13-14H,2-3,6,9-10,15H2,1H3. The monoisotopic (exact) mass is 235 g/mol. The number of benzene rings is 1. The van der Waals surface area contributed by atoms with Crippen LogP contribution in [-0.2, 0) is 4.74 Å². The van der Waals surface area contributed by atoms with E-state index in [1.165, 1.54) is 12.8 Å². The van der Waals surface area contributed by atoms with E-state index in [1.807, 2.05) is 24.3 Å². The molecule has 2 rings (SSSR count). The van der Waals surface area contributed by atoms with Crippen molar-refractivity contribution in [2.24, 2.45) is 5.73 Å². The number of unbranched alkanes of at least 4 members (excludes halogenated alkanes) is 2. The number of nitrogens with two attached hydrogens (primary N) is 1. The third-order valence-corrected chi connectivity index (χ3v) is 3.16. The molecule has 3 nitrogen and oxygen atoms in total. The van der Waals surface area contributed by atoms with Crippen LogP contribution in [0.4, 0.5) is 0 Å². The number of hydrogen-bond donors (Lipinski definition) is 1. The van der Waals surface area contributed by atoms with Crippen molar-refractivity contribution in [3.63, 3.8) is 0 Å². The Morgan fingerprint density at radius 3 is 3.00 bits per heavy atom. The van der Waals surface area contributed by atoms with Gasteiger partial charge in [-0.1, -0.05) is 38.0 Å². The fourth-order valence-corrected chi connectivity index (χ4v) is 2.10. The molecular formula is C14H21NO2. The van der Waals surface area contributed by atoms with Crippen LogP contribution in [0.3, 0.4) is 0 Å². The van der Waals surface area contributed by atoms with E-state index in [2.05, 4.69) is 6.92 Å². The van der Waals surface area contributed by atoms with Crippen LogP contribution in [0.5, 0.6) is 5.75 Å². The summed E-state index contributed by atoms with van der Waals surface area (Å²) in [6, 6.07) is 7.86. The fraction of sp³-hybridized carbons (Fsp3) is 0.571. The summed E-state index contributed by atoms with van der Waals surface area (Å²) in [6.45, 7) is 3.52. The molecule has 0 bridgehead atoms. The molecule has 0 amide bonds. The minimum atomic E-state index is -0.0680. The summed E-state index contributed by atoms with van der Waals surface area (Å²) in [5.41, 5.74) is 7.26. The Hall–Kier alpha value is -1.06. The number of fused-ring (bicyclic) bond motifs is 1. The van der Waals surface area contributed by atoms with Crippen LogP contribution in [0.2, 0.25) is 0 Å². The first-order valence-corrected chi connectivity index (χ1v) is 6.42. The zero-order chi connectivity index (χ0) is 12.1. The predicted octanol–water partition coefficient (Wildman–Crippen LogP) is 2.65. The van der Waals surface area contributed by atoms with Crippen molar-refractivity contribution in [1.82, 2.24) is 0 Å². The highest BCUT2D eigenvalue weighted by Gasteiger charge is 2.28. The zero-order valence-electron chi connectivity index (χ0n) is 10.4. The molecule has 0 fully saturated rings. The smallest absolute Gasteiger partial charge is 0.124 e. The maximum absolute atomic E-state index is 6.20. The molecule has 0 spiro atoms. The molecule has 1 heterocycles. The van der Waals surface area contributed by atoms with Gasteiger partial charge >= 0.3 is 0 Å². The largest absolute Gasteiger partial charge is 0.490 e. The first kappa shape index (κ1) is 12.4. The molecule has 0 aliphatic carbocycles. The van der Waals surface area contributed by atoms with E-state index in [1.54, 1.807) is 0 Å². The first-order valence-electron chi connectivity index (χ1n) is 6.42. The van der Waals surface area contributed by atoms with E-state index < -0.39 is 0 Å². The summed E-state index contributed by atoms with van der Waals surface area (Å²) < 4.78 is 11.5. The van der Waals surface area contributed by atoms with E-state index in [-0.39, 0.29) is 12.1 Å². The second-order valence-electron chi connectivity index (χ2n) is 4.49. The van der Waals surface area contributed by atoms with E-state index in [0.717, 1.165) is 24.3 Å². The van der Waals surface area contributed by atoms with Gasteiger partial charge in [-0.3, -0.25) is 0 Å². The third-order valence-electron chi connectivity index (χ3n) is 3.16. The van der Waals surface area contributed by atoms with Crippen molar-refractivity contribution < 1.29 is 9.47 Å². The predicted molar refractivity (Wildman–Crippen MR) is 68.1 cm³/mol. The Balaban J connectivity index is 1.90. The van der Waals surface area contributed by atoms with Crippen molar-refractivity contribution in [2.45, 2.75) is 38.3 Å². The van der Waals surface area contributed by atoms with Gasteiger partial charge in [-0.15, -0.1) is 0 Å². The lowest BCUT2D eigenvalue weighted by Crippen LogP contribution is -2.38.